The molecule has 1 aliphatic carbocycles. The van der Waals surface area contributed by atoms with E-state index in [1.54, 1.807) is 5.57 Å². The van der Waals surface area contributed by atoms with Crippen LogP contribution in [-0.4, -0.2) is 0 Å². The first kappa shape index (κ1) is 6.85. The molecule has 0 aliphatic heterocycles. The van der Waals surface area contributed by atoms with Crippen molar-refractivity contribution >= 4 is 0 Å². The minimum absolute atomic E-state index is 0.981. The van der Waals surface area contributed by atoms with Crippen molar-refractivity contribution in [2.45, 2.75) is 38.5 Å². The van der Waals surface area contributed by atoms with E-state index in [0.717, 1.165) is 6.42 Å². The van der Waals surface area contributed by atoms with Crippen LogP contribution < -0.4 is 0 Å². The number of allylic oxidation sites excluding steroid dienone is 2. The van der Waals surface area contributed by atoms with Gasteiger partial charge in [-0.1, -0.05) is 18.1 Å². The van der Waals surface area contributed by atoms with Crippen LogP contribution in [0.3, 0.4) is 0 Å². The Balaban J connectivity index is 2.30. The summed E-state index contributed by atoms with van der Waals surface area (Å²) in [6, 6.07) is 0. The van der Waals surface area contributed by atoms with Crippen LogP contribution in [0.25, 0.3) is 0 Å². The van der Waals surface area contributed by atoms with Gasteiger partial charge in [0.25, 0.3) is 0 Å². The molecule has 1 aliphatic rings. The molecule has 51 valence electrons. The monoisotopic (exact) mass is 123 g/mol. The Morgan fingerprint density at radius 3 is 2.44 bits per heavy atom. The second-order valence-electron chi connectivity index (χ2n) is 2.71. The Labute approximate surface area is 58.0 Å². The molecule has 0 N–H and O–H groups in total. The summed E-state index contributed by atoms with van der Waals surface area (Å²) < 4.78 is 0. The molecule has 0 aromatic carbocycles. The summed E-state index contributed by atoms with van der Waals surface area (Å²) in [5.41, 5.74) is 1.65. The van der Waals surface area contributed by atoms with Crippen molar-refractivity contribution < 1.29 is 0 Å². The van der Waals surface area contributed by atoms with E-state index in [-0.39, 0.29) is 0 Å². The highest BCUT2D eigenvalue weighted by Gasteiger charge is 2.02. The Kier molecular flexibility index (Phi) is 2.82. The van der Waals surface area contributed by atoms with E-state index in [9.17, 15) is 0 Å². The third-order valence-electron chi connectivity index (χ3n) is 1.93. The van der Waals surface area contributed by atoms with Crippen LogP contribution >= 0.6 is 0 Å². The van der Waals surface area contributed by atoms with Crippen molar-refractivity contribution in [1.82, 2.24) is 0 Å². The zero-order valence-electron chi connectivity index (χ0n) is 6.03. The summed E-state index contributed by atoms with van der Waals surface area (Å²) in [5, 5.41) is 0. The van der Waals surface area contributed by atoms with Gasteiger partial charge in [0.15, 0.2) is 0 Å². The third-order valence-corrected chi connectivity index (χ3v) is 1.93. The van der Waals surface area contributed by atoms with Crippen LogP contribution in [0.4, 0.5) is 0 Å². The molecule has 1 rings (SSSR count). The second kappa shape index (κ2) is 3.71. The fourth-order valence-electron chi connectivity index (χ4n) is 1.41. The minimum atomic E-state index is 0.981. The maximum Gasteiger partial charge on any atom is -0.0320 e. The normalized spacial score (nSPS) is 19.9. The van der Waals surface area contributed by atoms with Crippen molar-refractivity contribution in [1.29, 1.82) is 0 Å². The summed E-state index contributed by atoms with van der Waals surface area (Å²) in [6.07, 6.45) is 10.2. The van der Waals surface area contributed by atoms with Crippen molar-refractivity contribution in [2.24, 2.45) is 0 Å². The van der Waals surface area contributed by atoms with Crippen LogP contribution in [0.15, 0.2) is 11.6 Å². The molecule has 0 bridgehead atoms. The molecule has 0 aromatic heterocycles. The zero-order chi connectivity index (χ0) is 6.53. The third kappa shape index (κ3) is 2.21. The average molecular weight is 123 g/mol. The predicted molar refractivity (Wildman–Crippen MR) is 41.1 cm³/mol. The number of rotatable bonds is 1. The van der Waals surface area contributed by atoms with E-state index in [4.69, 9.17) is 0 Å². The molecule has 1 fully saturated rings. The summed E-state index contributed by atoms with van der Waals surface area (Å²) >= 11 is 0. The number of hydrogen-bond donors (Lipinski definition) is 0. The van der Waals surface area contributed by atoms with Gasteiger partial charge in [0.2, 0.25) is 0 Å². The lowest BCUT2D eigenvalue weighted by Crippen LogP contribution is -1.92. The SMILES string of the molecule is [CH2]CC=C1CCCCC1. The maximum absolute atomic E-state index is 3.80. The lowest BCUT2D eigenvalue weighted by atomic mass is 9.94. The molecule has 0 spiro atoms. The first-order valence-corrected chi connectivity index (χ1v) is 3.90. The fourth-order valence-corrected chi connectivity index (χ4v) is 1.41. The Morgan fingerprint density at radius 1 is 1.22 bits per heavy atom. The zero-order valence-corrected chi connectivity index (χ0v) is 6.03. The van der Waals surface area contributed by atoms with Gasteiger partial charge in [-0.05, 0) is 39.0 Å². The molecule has 0 heterocycles. The largest absolute Gasteiger partial charge is 0.0853 e. The fraction of sp³-hybridized carbons (Fsp3) is 0.667. The molecule has 0 nitrogen and oxygen atoms in total. The van der Waals surface area contributed by atoms with Gasteiger partial charge in [-0.3, -0.25) is 0 Å². The highest BCUT2D eigenvalue weighted by atomic mass is 14.1. The van der Waals surface area contributed by atoms with Gasteiger partial charge in [0.05, 0.1) is 0 Å². The van der Waals surface area contributed by atoms with Gasteiger partial charge >= 0.3 is 0 Å². The van der Waals surface area contributed by atoms with E-state index < -0.39 is 0 Å². The average Bonchev–Trinajstić information content (AvgIpc) is 1.91. The topological polar surface area (TPSA) is 0 Å². The predicted octanol–water partition coefficient (Wildman–Crippen LogP) is 3.10. The van der Waals surface area contributed by atoms with Crippen LogP contribution in [0, 0.1) is 6.92 Å². The van der Waals surface area contributed by atoms with Gasteiger partial charge in [-0.25, -0.2) is 0 Å². The molecular weight excluding hydrogens is 108 g/mol. The van der Waals surface area contributed by atoms with Gasteiger partial charge in [-0.15, -0.1) is 0 Å². The van der Waals surface area contributed by atoms with Crippen LogP contribution in [0.2, 0.25) is 0 Å². The van der Waals surface area contributed by atoms with E-state index in [0.29, 0.717) is 0 Å². The summed E-state index contributed by atoms with van der Waals surface area (Å²) in [4.78, 5) is 0. The summed E-state index contributed by atoms with van der Waals surface area (Å²) in [7, 11) is 0. The molecule has 1 saturated carbocycles. The molecule has 1 radical (unpaired) electrons. The summed E-state index contributed by atoms with van der Waals surface area (Å²) in [6.45, 7) is 3.80. The van der Waals surface area contributed by atoms with Crippen molar-refractivity contribution in [3.8, 4) is 0 Å². The molecule has 0 unspecified atom stereocenters. The first-order valence-electron chi connectivity index (χ1n) is 3.90. The molecule has 0 amide bonds. The first-order chi connectivity index (χ1) is 4.43. The quantitative estimate of drug-likeness (QED) is 0.470. The maximum atomic E-state index is 3.80. The second-order valence-corrected chi connectivity index (χ2v) is 2.71. The molecule has 0 atom stereocenters. The highest BCUT2D eigenvalue weighted by Crippen LogP contribution is 2.22. The smallest absolute Gasteiger partial charge is 0.0320 e. The number of hydrogen-bond acceptors (Lipinski definition) is 0. The van der Waals surface area contributed by atoms with Crippen LogP contribution in [0.1, 0.15) is 38.5 Å². The van der Waals surface area contributed by atoms with Gasteiger partial charge in [-0.2, -0.15) is 0 Å². The van der Waals surface area contributed by atoms with E-state index >= 15 is 0 Å². The van der Waals surface area contributed by atoms with Crippen LogP contribution in [-0.2, 0) is 0 Å². The molecule has 9 heavy (non-hydrogen) atoms. The lowest BCUT2D eigenvalue weighted by molar-refractivity contribution is 0.597. The Morgan fingerprint density at radius 2 is 1.89 bits per heavy atom. The standard InChI is InChI=1S/C9H15/c1-2-6-9-7-4-3-5-8-9/h6H,1-5,7-8H2. The van der Waals surface area contributed by atoms with Crippen molar-refractivity contribution in [2.75, 3.05) is 0 Å². The Hall–Kier alpha value is -0.260. The summed E-state index contributed by atoms with van der Waals surface area (Å²) in [5.74, 6) is 0. The van der Waals surface area contributed by atoms with Gasteiger partial charge < -0.3 is 0 Å². The van der Waals surface area contributed by atoms with E-state index in [1.165, 1.54) is 32.1 Å². The molecule has 0 saturated heterocycles. The highest BCUT2D eigenvalue weighted by molar-refractivity contribution is 5.04. The molecule has 0 heteroatoms. The van der Waals surface area contributed by atoms with E-state index in [1.807, 2.05) is 0 Å². The minimum Gasteiger partial charge on any atom is -0.0853 e. The van der Waals surface area contributed by atoms with Crippen LogP contribution in [0.5, 0.6) is 0 Å². The lowest BCUT2D eigenvalue weighted by Gasteiger charge is -2.12. The molecule has 0 aromatic rings. The Bertz CT molecular complexity index is 92.6. The van der Waals surface area contributed by atoms with Gasteiger partial charge in [0, 0.05) is 0 Å². The molecular formula is C9H15. The van der Waals surface area contributed by atoms with Crippen molar-refractivity contribution in [3.05, 3.63) is 18.6 Å². The van der Waals surface area contributed by atoms with E-state index in [2.05, 4.69) is 13.0 Å². The van der Waals surface area contributed by atoms with Gasteiger partial charge in [0.1, 0.15) is 0 Å². The van der Waals surface area contributed by atoms with Crippen molar-refractivity contribution in [3.63, 3.8) is 0 Å².